The Labute approximate surface area is 97.6 Å². The number of aromatic amines is 1. The quantitative estimate of drug-likeness (QED) is 0.858. The van der Waals surface area contributed by atoms with E-state index in [0.29, 0.717) is 10.7 Å². The summed E-state index contributed by atoms with van der Waals surface area (Å²) in [6.07, 6.45) is -3.30. The number of rotatable bonds is 1. The first-order valence-corrected chi connectivity index (χ1v) is 4.77. The Kier molecular flexibility index (Phi) is 2.70. The van der Waals surface area contributed by atoms with Gasteiger partial charge in [-0.2, -0.15) is 17.9 Å². The molecule has 0 radical (unpaired) electrons. The Morgan fingerprint density at radius 2 is 2.12 bits per heavy atom. The third-order valence-corrected chi connectivity index (χ3v) is 2.27. The summed E-state index contributed by atoms with van der Waals surface area (Å²) in [5.41, 5.74) is -2.03. The van der Waals surface area contributed by atoms with Crippen LogP contribution in [0.4, 0.5) is 13.2 Å². The summed E-state index contributed by atoms with van der Waals surface area (Å²) in [7, 11) is 0. The van der Waals surface area contributed by atoms with Crippen molar-refractivity contribution in [3.05, 3.63) is 45.5 Å². The topological polar surface area (TPSA) is 50.7 Å². The van der Waals surface area contributed by atoms with Crippen LogP contribution in [0.1, 0.15) is 5.69 Å². The van der Waals surface area contributed by atoms with E-state index in [1.165, 1.54) is 18.3 Å². The summed E-state index contributed by atoms with van der Waals surface area (Å²) in [6.45, 7) is 0. The van der Waals surface area contributed by atoms with Gasteiger partial charge >= 0.3 is 6.18 Å². The maximum absolute atomic E-state index is 12.4. The molecule has 0 saturated heterocycles. The number of alkyl halides is 3. The second-order valence-electron chi connectivity index (χ2n) is 3.15. The Balaban J connectivity index is 2.59. The molecule has 0 amide bonds. The maximum atomic E-state index is 12.4. The van der Waals surface area contributed by atoms with Gasteiger partial charge < -0.3 is 0 Å². The Hall–Kier alpha value is -1.76. The Bertz CT molecular complexity index is 602. The van der Waals surface area contributed by atoms with E-state index in [0.717, 1.165) is 0 Å². The molecule has 0 aliphatic carbocycles. The molecule has 0 unspecified atom stereocenters. The second kappa shape index (κ2) is 3.92. The molecular formula is C9H5ClF3N3O. The zero-order valence-corrected chi connectivity index (χ0v) is 8.88. The van der Waals surface area contributed by atoms with E-state index in [-0.39, 0.29) is 10.8 Å². The highest BCUT2D eigenvalue weighted by Gasteiger charge is 2.33. The Morgan fingerprint density at radius 3 is 2.65 bits per heavy atom. The minimum atomic E-state index is -4.62. The molecule has 2 rings (SSSR count). The third-order valence-electron chi connectivity index (χ3n) is 1.98. The van der Waals surface area contributed by atoms with Crippen LogP contribution in [0, 0.1) is 0 Å². The van der Waals surface area contributed by atoms with Crippen molar-refractivity contribution in [2.75, 3.05) is 0 Å². The van der Waals surface area contributed by atoms with Crippen LogP contribution in [-0.2, 0) is 6.18 Å². The van der Waals surface area contributed by atoms with Gasteiger partial charge in [0.25, 0.3) is 5.56 Å². The summed E-state index contributed by atoms with van der Waals surface area (Å²) in [5, 5.41) is 1.98. The average Bonchev–Trinajstić information content (AvgIpc) is 2.61. The van der Waals surface area contributed by atoms with Gasteiger partial charge in [0.05, 0.1) is 5.02 Å². The van der Waals surface area contributed by atoms with E-state index in [1.54, 1.807) is 0 Å². The van der Waals surface area contributed by atoms with Crippen LogP contribution >= 0.6 is 11.6 Å². The standard InChI is InChI=1S/C9H5ClF3N3O/c10-5-2-1-3-14-8(5)16-7(17)4-6(15-16)9(11,12)13/h1-4,15H. The molecule has 2 aromatic rings. The van der Waals surface area contributed by atoms with E-state index in [4.69, 9.17) is 11.6 Å². The minimum Gasteiger partial charge on any atom is -0.285 e. The number of pyridine rings is 1. The van der Waals surface area contributed by atoms with E-state index in [2.05, 4.69) is 4.98 Å². The number of nitrogens with one attached hydrogen (secondary N) is 1. The lowest BCUT2D eigenvalue weighted by atomic mass is 10.4. The van der Waals surface area contributed by atoms with Gasteiger partial charge in [-0.3, -0.25) is 9.89 Å². The van der Waals surface area contributed by atoms with Gasteiger partial charge in [-0.15, -0.1) is 0 Å². The largest absolute Gasteiger partial charge is 0.432 e. The van der Waals surface area contributed by atoms with Gasteiger partial charge in [-0.25, -0.2) is 4.98 Å². The molecule has 17 heavy (non-hydrogen) atoms. The first kappa shape index (κ1) is 11.7. The summed E-state index contributed by atoms with van der Waals surface area (Å²) in [4.78, 5) is 15.1. The zero-order chi connectivity index (χ0) is 12.6. The van der Waals surface area contributed by atoms with E-state index in [9.17, 15) is 18.0 Å². The van der Waals surface area contributed by atoms with Crippen molar-refractivity contribution < 1.29 is 13.2 Å². The highest BCUT2D eigenvalue weighted by molar-refractivity contribution is 6.32. The molecule has 0 aromatic carbocycles. The highest BCUT2D eigenvalue weighted by Crippen LogP contribution is 2.27. The minimum absolute atomic E-state index is 0.0742. The molecule has 0 bridgehead atoms. The van der Waals surface area contributed by atoms with Crippen LogP contribution in [0.5, 0.6) is 0 Å². The molecule has 8 heteroatoms. The van der Waals surface area contributed by atoms with Gasteiger partial charge in [0.1, 0.15) is 5.69 Å². The number of nitrogens with zero attached hydrogens (tertiary/aromatic N) is 2. The molecule has 90 valence electrons. The molecule has 2 aromatic heterocycles. The van der Waals surface area contributed by atoms with Crippen molar-refractivity contribution in [2.24, 2.45) is 0 Å². The van der Waals surface area contributed by atoms with Crippen LogP contribution < -0.4 is 5.56 Å². The smallest absolute Gasteiger partial charge is 0.285 e. The van der Waals surface area contributed by atoms with Crippen molar-refractivity contribution in [2.45, 2.75) is 6.18 Å². The summed E-state index contributed by atoms with van der Waals surface area (Å²) >= 11 is 5.73. The van der Waals surface area contributed by atoms with Crippen LogP contribution in [0.25, 0.3) is 5.82 Å². The molecular weight excluding hydrogens is 259 g/mol. The lowest BCUT2D eigenvalue weighted by molar-refractivity contribution is -0.141. The first-order chi connectivity index (χ1) is 7.89. The summed E-state index contributed by atoms with van der Waals surface area (Å²) in [6, 6.07) is 3.37. The molecule has 0 saturated carbocycles. The summed E-state index contributed by atoms with van der Waals surface area (Å²) < 4.78 is 37.7. The normalized spacial score (nSPS) is 11.8. The van der Waals surface area contributed by atoms with Gasteiger partial charge in [-0.05, 0) is 12.1 Å². The number of halogens is 4. The van der Waals surface area contributed by atoms with Crippen molar-refractivity contribution in [1.29, 1.82) is 0 Å². The molecule has 0 atom stereocenters. The van der Waals surface area contributed by atoms with Gasteiger partial charge in [0.2, 0.25) is 0 Å². The lowest BCUT2D eigenvalue weighted by Crippen LogP contribution is -2.15. The van der Waals surface area contributed by atoms with E-state index in [1.807, 2.05) is 5.10 Å². The molecule has 1 N–H and O–H groups in total. The van der Waals surface area contributed by atoms with Crippen molar-refractivity contribution in [3.63, 3.8) is 0 Å². The fourth-order valence-corrected chi connectivity index (χ4v) is 1.45. The molecule has 0 fully saturated rings. The van der Waals surface area contributed by atoms with E-state index >= 15 is 0 Å². The van der Waals surface area contributed by atoms with E-state index < -0.39 is 17.4 Å². The van der Waals surface area contributed by atoms with Crippen molar-refractivity contribution in [1.82, 2.24) is 14.8 Å². The monoisotopic (exact) mass is 263 g/mol. The predicted molar refractivity (Wildman–Crippen MR) is 54.2 cm³/mol. The third kappa shape index (κ3) is 2.19. The molecule has 2 heterocycles. The Morgan fingerprint density at radius 1 is 1.41 bits per heavy atom. The van der Waals surface area contributed by atoms with Crippen molar-refractivity contribution >= 4 is 11.6 Å². The van der Waals surface area contributed by atoms with Crippen molar-refractivity contribution in [3.8, 4) is 5.82 Å². The highest BCUT2D eigenvalue weighted by atomic mass is 35.5. The van der Waals surface area contributed by atoms with Crippen LogP contribution in [0.3, 0.4) is 0 Å². The molecule has 0 aliphatic rings. The molecule has 0 spiro atoms. The number of H-pyrrole nitrogens is 1. The van der Waals surface area contributed by atoms with Crippen LogP contribution in [0.2, 0.25) is 5.02 Å². The lowest BCUT2D eigenvalue weighted by Gasteiger charge is -2.04. The van der Waals surface area contributed by atoms with Crippen LogP contribution in [-0.4, -0.2) is 14.8 Å². The van der Waals surface area contributed by atoms with Gasteiger partial charge in [0, 0.05) is 12.3 Å². The van der Waals surface area contributed by atoms with Gasteiger partial charge in [-0.1, -0.05) is 11.6 Å². The SMILES string of the molecule is O=c1cc(C(F)(F)F)[nH]n1-c1ncccc1Cl. The maximum Gasteiger partial charge on any atom is 0.432 e. The number of hydrogen-bond donors (Lipinski definition) is 1. The average molecular weight is 264 g/mol. The predicted octanol–water partition coefficient (Wildman–Crippen LogP) is 2.23. The zero-order valence-electron chi connectivity index (χ0n) is 8.12. The number of hydrogen-bond acceptors (Lipinski definition) is 2. The van der Waals surface area contributed by atoms with Crippen LogP contribution in [0.15, 0.2) is 29.2 Å². The van der Waals surface area contributed by atoms with Gasteiger partial charge in [0.15, 0.2) is 5.82 Å². The molecule has 4 nitrogen and oxygen atoms in total. The number of aromatic nitrogens is 3. The first-order valence-electron chi connectivity index (χ1n) is 4.40. The second-order valence-corrected chi connectivity index (χ2v) is 3.56. The summed E-state index contributed by atoms with van der Waals surface area (Å²) in [5.74, 6) is -0.0744. The molecule has 0 aliphatic heterocycles. The fourth-order valence-electron chi connectivity index (χ4n) is 1.24. The fraction of sp³-hybridized carbons (Fsp3) is 0.111.